The number of rotatable bonds is 3. The number of aromatic hydroxyl groups is 1. The quantitative estimate of drug-likeness (QED) is 0.534. The van der Waals surface area contributed by atoms with Gasteiger partial charge in [0, 0.05) is 11.1 Å². The van der Waals surface area contributed by atoms with Crippen LogP contribution in [-0.2, 0) is 0 Å². The second-order valence-electron chi connectivity index (χ2n) is 6.22. The number of furan rings is 1. The van der Waals surface area contributed by atoms with Crippen LogP contribution >= 0.6 is 0 Å². The van der Waals surface area contributed by atoms with Gasteiger partial charge in [0.05, 0.1) is 5.69 Å². The average molecular weight is 330 g/mol. The molecule has 0 saturated carbocycles. The number of phenols is 1. The first-order valence-corrected chi connectivity index (χ1v) is 8.13. The molecule has 0 aliphatic rings. The highest BCUT2D eigenvalue weighted by atomic mass is 16.3. The van der Waals surface area contributed by atoms with Crippen molar-refractivity contribution in [1.29, 1.82) is 0 Å². The third kappa shape index (κ3) is 2.94. The smallest absolute Gasteiger partial charge is 0.155 e. The molecular weight excluding hydrogens is 312 g/mol. The molecule has 2 aromatic carbocycles. The van der Waals surface area contributed by atoms with Gasteiger partial charge in [-0.05, 0) is 50.2 Å². The molecule has 0 radical (unpaired) electrons. The fraction of sp³-hybridized carbons (Fsp3) is 0.0952. The van der Waals surface area contributed by atoms with Crippen LogP contribution in [-0.4, -0.2) is 15.3 Å². The Balaban J connectivity index is 1.68. The fourth-order valence-corrected chi connectivity index (χ4v) is 2.88. The highest BCUT2D eigenvalue weighted by Gasteiger charge is 2.13. The molecule has 0 saturated heterocycles. The summed E-state index contributed by atoms with van der Waals surface area (Å²) in [6.45, 7) is 4.04. The van der Waals surface area contributed by atoms with Crippen molar-refractivity contribution in [3.05, 3.63) is 71.8 Å². The van der Waals surface area contributed by atoms with Gasteiger partial charge in [0.1, 0.15) is 17.2 Å². The van der Waals surface area contributed by atoms with E-state index in [0.717, 1.165) is 28.1 Å². The Hall–Kier alpha value is -3.27. The Labute approximate surface area is 145 Å². The zero-order valence-corrected chi connectivity index (χ0v) is 14.1. The molecule has 4 heteroatoms. The second-order valence-corrected chi connectivity index (χ2v) is 6.22. The van der Waals surface area contributed by atoms with Gasteiger partial charge >= 0.3 is 0 Å². The molecule has 0 aliphatic heterocycles. The topological polar surface area (TPSA) is 62.0 Å². The minimum atomic E-state index is 0.223. The Kier molecular flexibility index (Phi) is 3.65. The van der Waals surface area contributed by atoms with E-state index in [1.807, 2.05) is 49.4 Å². The number of aromatic amines is 1. The maximum absolute atomic E-state index is 10.1. The minimum absolute atomic E-state index is 0.223. The molecule has 0 aliphatic carbocycles. The number of nitrogens with zero attached hydrogens (tertiary/aromatic N) is 1. The van der Waals surface area contributed by atoms with Crippen molar-refractivity contribution in [2.24, 2.45) is 0 Å². The van der Waals surface area contributed by atoms with Gasteiger partial charge in [0.25, 0.3) is 0 Å². The van der Waals surface area contributed by atoms with Gasteiger partial charge in [-0.1, -0.05) is 35.4 Å². The van der Waals surface area contributed by atoms with Gasteiger partial charge in [0.15, 0.2) is 5.76 Å². The summed E-state index contributed by atoms with van der Waals surface area (Å²) in [5.74, 6) is 1.72. The van der Waals surface area contributed by atoms with Crippen molar-refractivity contribution in [2.75, 3.05) is 0 Å². The standard InChI is InChI=1S/C21H18N2O2/c1-13-4-3-5-15(10-13)20-8-9-21(25-20)18-12-17(22-23-18)16-11-14(2)6-7-19(16)24/h3-12,24H,1-2H3,(H,22,23). The van der Waals surface area contributed by atoms with Crippen LogP contribution in [0.5, 0.6) is 5.75 Å². The maximum Gasteiger partial charge on any atom is 0.155 e. The van der Waals surface area contributed by atoms with E-state index >= 15 is 0 Å². The molecule has 0 bridgehead atoms. The van der Waals surface area contributed by atoms with E-state index < -0.39 is 0 Å². The molecule has 2 heterocycles. The van der Waals surface area contributed by atoms with Crippen molar-refractivity contribution in [3.8, 4) is 39.8 Å². The lowest BCUT2D eigenvalue weighted by Gasteiger charge is -2.02. The zero-order chi connectivity index (χ0) is 17.4. The first kappa shape index (κ1) is 15.3. The SMILES string of the molecule is Cc1cccc(-c2ccc(-c3cc(-c4cc(C)ccc4O)[nH]n3)o2)c1. The number of hydrogen-bond acceptors (Lipinski definition) is 3. The summed E-state index contributed by atoms with van der Waals surface area (Å²) in [4.78, 5) is 0. The summed E-state index contributed by atoms with van der Waals surface area (Å²) in [5, 5.41) is 17.4. The highest BCUT2D eigenvalue weighted by Crippen LogP contribution is 2.33. The molecule has 4 aromatic rings. The molecule has 0 spiro atoms. The van der Waals surface area contributed by atoms with E-state index in [9.17, 15) is 5.11 Å². The largest absolute Gasteiger partial charge is 0.507 e. The third-order valence-electron chi connectivity index (χ3n) is 4.18. The van der Waals surface area contributed by atoms with Gasteiger partial charge in [-0.3, -0.25) is 5.10 Å². The van der Waals surface area contributed by atoms with Gasteiger partial charge < -0.3 is 9.52 Å². The molecule has 2 aromatic heterocycles. The number of benzene rings is 2. The van der Waals surface area contributed by atoms with Crippen LogP contribution in [0, 0.1) is 13.8 Å². The molecule has 4 rings (SSSR count). The lowest BCUT2D eigenvalue weighted by atomic mass is 10.1. The van der Waals surface area contributed by atoms with Crippen molar-refractivity contribution in [2.45, 2.75) is 13.8 Å². The predicted molar refractivity (Wildman–Crippen MR) is 98.3 cm³/mol. The van der Waals surface area contributed by atoms with Crippen LogP contribution in [0.1, 0.15) is 11.1 Å². The van der Waals surface area contributed by atoms with Crippen LogP contribution in [0.3, 0.4) is 0 Å². The Bertz CT molecular complexity index is 1040. The first-order chi connectivity index (χ1) is 12.1. The van der Waals surface area contributed by atoms with Gasteiger partial charge in [-0.15, -0.1) is 0 Å². The summed E-state index contributed by atoms with van der Waals surface area (Å²) < 4.78 is 5.97. The summed E-state index contributed by atoms with van der Waals surface area (Å²) in [6, 6.07) is 19.4. The number of aromatic nitrogens is 2. The lowest BCUT2D eigenvalue weighted by molar-refractivity contribution is 0.477. The monoisotopic (exact) mass is 330 g/mol. The molecule has 4 nitrogen and oxygen atoms in total. The normalized spacial score (nSPS) is 11.0. The van der Waals surface area contributed by atoms with Gasteiger partial charge in [-0.25, -0.2) is 0 Å². The summed E-state index contributed by atoms with van der Waals surface area (Å²) >= 11 is 0. The lowest BCUT2D eigenvalue weighted by Crippen LogP contribution is -1.81. The number of nitrogens with one attached hydrogen (secondary N) is 1. The molecule has 124 valence electrons. The van der Waals surface area contributed by atoms with Gasteiger partial charge in [-0.2, -0.15) is 5.10 Å². The van der Waals surface area contributed by atoms with Crippen LogP contribution in [0.4, 0.5) is 0 Å². The van der Waals surface area contributed by atoms with Crippen LogP contribution in [0.15, 0.2) is 65.1 Å². The predicted octanol–water partition coefficient (Wildman–Crippen LogP) is 5.33. The molecule has 2 N–H and O–H groups in total. The van der Waals surface area contributed by atoms with Crippen molar-refractivity contribution in [1.82, 2.24) is 10.2 Å². The van der Waals surface area contributed by atoms with E-state index in [1.54, 1.807) is 6.07 Å². The van der Waals surface area contributed by atoms with Crippen molar-refractivity contribution in [3.63, 3.8) is 0 Å². The molecule has 0 fully saturated rings. The Morgan fingerprint density at radius 1 is 0.880 bits per heavy atom. The van der Waals surface area contributed by atoms with E-state index in [4.69, 9.17) is 4.42 Å². The average Bonchev–Trinajstić information content (AvgIpc) is 3.26. The minimum Gasteiger partial charge on any atom is -0.507 e. The summed E-state index contributed by atoms with van der Waals surface area (Å²) in [5.41, 5.74) is 5.48. The third-order valence-corrected chi connectivity index (χ3v) is 4.18. The molecule has 25 heavy (non-hydrogen) atoms. The van der Waals surface area contributed by atoms with E-state index in [0.29, 0.717) is 11.5 Å². The second kappa shape index (κ2) is 5.98. The maximum atomic E-state index is 10.1. The molecule has 0 unspecified atom stereocenters. The first-order valence-electron chi connectivity index (χ1n) is 8.13. The highest BCUT2D eigenvalue weighted by molar-refractivity contribution is 5.72. The fourth-order valence-electron chi connectivity index (χ4n) is 2.88. The van der Waals surface area contributed by atoms with Crippen molar-refractivity contribution < 1.29 is 9.52 Å². The molecular formula is C21H18N2O2. The summed E-state index contributed by atoms with van der Waals surface area (Å²) in [6.07, 6.45) is 0. The number of phenolic OH excluding ortho intramolecular Hbond substituents is 1. The van der Waals surface area contributed by atoms with Crippen LogP contribution < -0.4 is 0 Å². The molecule has 0 amide bonds. The van der Waals surface area contributed by atoms with Crippen molar-refractivity contribution >= 4 is 0 Å². The van der Waals surface area contributed by atoms with Gasteiger partial charge in [0.2, 0.25) is 0 Å². The molecule has 0 atom stereocenters. The van der Waals surface area contributed by atoms with Crippen LogP contribution in [0.2, 0.25) is 0 Å². The van der Waals surface area contributed by atoms with E-state index in [-0.39, 0.29) is 5.75 Å². The van der Waals surface area contributed by atoms with E-state index in [1.165, 1.54) is 5.56 Å². The Morgan fingerprint density at radius 3 is 2.52 bits per heavy atom. The van der Waals surface area contributed by atoms with E-state index in [2.05, 4.69) is 29.3 Å². The summed E-state index contributed by atoms with van der Waals surface area (Å²) in [7, 11) is 0. The number of hydrogen-bond donors (Lipinski definition) is 2. The Morgan fingerprint density at radius 2 is 1.68 bits per heavy atom. The van der Waals surface area contributed by atoms with Crippen LogP contribution in [0.25, 0.3) is 34.0 Å². The number of aryl methyl sites for hydroxylation is 2. The number of H-pyrrole nitrogens is 1. The zero-order valence-electron chi connectivity index (χ0n) is 14.1.